The van der Waals surface area contributed by atoms with Crippen LogP contribution < -0.4 is 10.6 Å². The SMILES string of the molecule is CC[C@H](C)[C@H](CO)N1C(=O)[C@@H]2[C@@H](C(=O)NCc3ccccc3)[C@]3(C)OC2(CC3C)C1C(=O)Nc1cc(C)ccc1C. The number of aryl methyl sites for hydroxylation is 2. The third-order valence-electron chi connectivity index (χ3n) is 10.1. The second-order valence-corrected chi connectivity index (χ2v) is 12.6. The normalized spacial score (nSPS) is 31.6. The Morgan fingerprint density at radius 3 is 2.51 bits per heavy atom. The summed E-state index contributed by atoms with van der Waals surface area (Å²) in [7, 11) is 0. The van der Waals surface area contributed by atoms with Crippen molar-refractivity contribution in [3.05, 3.63) is 65.2 Å². The number of fused-ring (bicyclic) bond motifs is 1. The number of hydrogen-bond donors (Lipinski definition) is 3. The lowest BCUT2D eigenvalue weighted by Crippen LogP contribution is -2.57. The van der Waals surface area contributed by atoms with Crippen molar-refractivity contribution in [2.75, 3.05) is 11.9 Å². The van der Waals surface area contributed by atoms with E-state index in [-0.39, 0.29) is 36.2 Å². The minimum absolute atomic E-state index is 0.0637. The van der Waals surface area contributed by atoms with Crippen molar-refractivity contribution < 1.29 is 24.2 Å². The molecule has 8 heteroatoms. The standard InChI is InChI=1S/C33H43N3O5/c1-7-20(3)25(18-37)36-28(30(39)35-24-15-19(2)13-14-21(24)4)33-16-22(5)32(6,41-33)26(27(33)31(36)40)29(38)34-17-23-11-9-8-10-12-23/h8-15,20,22,25-28,37H,7,16-18H2,1-6H3,(H,34,38)(H,35,39)/t20-,22?,25-,26-,27-,28?,32+,33?/m0/s1. The molecule has 3 unspecified atom stereocenters. The zero-order chi connectivity index (χ0) is 29.7. The Morgan fingerprint density at radius 2 is 1.85 bits per heavy atom. The number of aliphatic hydroxyl groups excluding tert-OH is 1. The third kappa shape index (κ3) is 4.65. The number of ether oxygens (including phenoxy) is 1. The molecule has 0 aromatic heterocycles. The van der Waals surface area contributed by atoms with Crippen LogP contribution in [0.3, 0.4) is 0 Å². The van der Waals surface area contributed by atoms with Crippen molar-refractivity contribution in [2.24, 2.45) is 23.7 Å². The summed E-state index contributed by atoms with van der Waals surface area (Å²) in [6.07, 6.45) is 1.19. The number of carbonyl (C=O) groups is 3. The van der Waals surface area contributed by atoms with Crippen LogP contribution in [0.1, 0.15) is 57.2 Å². The van der Waals surface area contributed by atoms with Gasteiger partial charge in [0.15, 0.2) is 0 Å². The summed E-state index contributed by atoms with van der Waals surface area (Å²) in [4.78, 5) is 44.3. The Morgan fingerprint density at radius 1 is 1.15 bits per heavy atom. The van der Waals surface area contributed by atoms with E-state index in [9.17, 15) is 19.5 Å². The average Bonchev–Trinajstić information content (AvgIpc) is 3.47. The number of nitrogens with one attached hydrogen (secondary N) is 2. The molecule has 41 heavy (non-hydrogen) atoms. The zero-order valence-corrected chi connectivity index (χ0v) is 24.9. The Kier molecular flexibility index (Phi) is 7.76. The fraction of sp³-hybridized carbons (Fsp3) is 0.545. The van der Waals surface area contributed by atoms with E-state index in [4.69, 9.17) is 4.74 Å². The topological polar surface area (TPSA) is 108 Å². The first-order valence-corrected chi connectivity index (χ1v) is 14.8. The molecule has 2 bridgehead atoms. The number of aliphatic hydroxyl groups is 1. The highest BCUT2D eigenvalue weighted by Crippen LogP contribution is 2.65. The van der Waals surface area contributed by atoms with Gasteiger partial charge in [-0.25, -0.2) is 0 Å². The summed E-state index contributed by atoms with van der Waals surface area (Å²) < 4.78 is 6.84. The van der Waals surface area contributed by atoms with Gasteiger partial charge in [-0.05, 0) is 61.8 Å². The highest BCUT2D eigenvalue weighted by Gasteiger charge is 2.80. The molecule has 220 valence electrons. The molecule has 3 aliphatic rings. The van der Waals surface area contributed by atoms with Gasteiger partial charge in [-0.2, -0.15) is 0 Å². The van der Waals surface area contributed by atoms with Gasteiger partial charge >= 0.3 is 0 Å². The van der Waals surface area contributed by atoms with E-state index in [2.05, 4.69) is 10.6 Å². The van der Waals surface area contributed by atoms with Crippen molar-refractivity contribution >= 4 is 23.4 Å². The molecular formula is C33H43N3O5. The fourth-order valence-corrected chi connectivity index (χ4v) is 7.51. The largest absolute Gasteiger partial charge is 0.394 e. The van der Waals surface area contributed by atoms with Gasteiger partial charge in [0, 0.05) is 12.2 Å². The molecule has 5 rings (SSSR count). The summed E-state index contributed by atoms with van der Waals surface area (Å²) in [5.41, 5.74) is 1.46. The second-order valence-electron chi connectivity index (χ2n) is 12.6. The van der Waals surface area contributed by atoms with Crippen molar-refractivity contribution in [3.63, 3.8) is 0 Å². The van der Waals surface area contributed by atoms with Gasteiger partial charge in [0.1, 0.15) is 11.6 Å². The van der Waals surface area contributed by atoms with E-state index >= 15 is 0 Å². The van der Waals surface area contributed by atoms with Gasteiger partial charge in [0.2, 0.25) is 17.7 Å². The molecule has 0 aliphatic carbocycles. The van der Waals surface area contributed by atoms with E-state index in [0.29, 0.717) is 25.1 Å². The fourth-order valence-electron chi connectivity index (χ4n) is 7.51. The van der Waals surface area contributed by atoms with Crippen LogP contribution in [-0.4, -0.2) is 57.6 Å². The van der Waals surface area contributed by atoms with Gasteiger partial charge in [-0.1, -0.05) is 69.7 Å². The van der Waals surface area contributed by atoms with E-state index in [1.165, 1.54) is 0 Å². The van der Waals surface area contributed by atoms with E-state index in [1.54, 1.807) is 4.90 Å². The van der Waals surface area contributed by atoms with Crippen LogP contribution in [0.25, 0.3) is 0 Å². The minimum atomic E-state index is -1.18. The summed E-state index contributed by atoms with van der Waals surface area (Å²) >= 11 is 0. The molecule has 0 radical (unpaired) electrons. The third-order valence-corrected chi connectivity index (χ3v) is 10.1. The predicted molar refractivity (Wildman–Crippen MR) is 157 cm³/mol. The van der Waals surface area contributed by atoms with Crippen LogP contribution in [0.2, 0.25) is 0 Å². The molecule has 0 saturated carbocycles. The van der Waals surface area contributed by atoms with Crippen LogP contribution in [0.15, 0.2) is 48.5 Å². The summed E-state index contributed by atoms with van der Waals surface area (Å²) in [5, 5.41) is 16.7. The van der Waals surface area contributed by atoms with E-state index < -0.39 is 35.1 Å². The van der Waals surface area contributed by atoms with Gasteiger partial charge < -0.3 is 25.4 Å². The van der Waals surface area contributed by atoms with Gasteiger partial charge in [0.25, 0.3) is 0 Å². The first-order valence-electron chi connectivity index (χ1n) is 14.8. The van der Waals surface area contributed by atoms with Gasteiger partial charge in [-0.15, -0.1) is 0 Å². The maximum Gasteiger partial charge on any atom is 0.250 e. The zero-order valence-electron chi connectivity index (χ0n) is 24.9. The Bertz CT molecular complexity index is 1330. The van der Waals surface area contributed by atoms with Crippen LogP contribution >= 0.6 is 0 Å². The second kappa shape index (κ2) is 10.9. The molecule has 8 atom stereocenters. The van der Waals surface area contributed by atoms with Gasteiger partial charge in [-0.3, -0.25) is 14.4 Å². The van der Waals surface area contributed by atoms with Crippen LogP contribution in [0.4, 0.5) is 5.69 Å². The molecule has 2 aromatic carbocycles. The van der Waals surface area contributed by atoms with Crippen LogP contribution in [-0.2, 0) is 25.7 Å². The molecular weight excluding hydrogens is 518 g/mol. The van der Waals surface area contributed by atoms with Crippen LogP contribution in [0.5, 0.6) is 0 Å². The molecule has 3 N–H and O–H groups in total. The first-order chi connectivity index (χ1) is 19.5. The van der Waals surface area contributed by atoms with Crippen molar-refractivity contribution in [1.29, 1.82) is 0 Å². The number of amides is 3. The van der Waals surface area contributed by atoms with Crippen molar-refractivity contribution in [1.82, 2.24) is 10.2 Å². The van der Waals surface area contributed by atoms with Gasteiger partial charge in [0.05, 0.1) is 30.1 Å². The lowest BCUT2D eigenvalue weighted by molar-refractivity contribution is -0.150. The number of benzene rings is 2. The Labute approximate surface area is 242 Å². The number of rotatable bonds is 9. The molecule has 3 amide bonds. The number of nitrogens with zero attached hydrogens (tertiary/aromatic N) is 1. The highest BCUT2D eigenvalue weighted by atomic mass is 16.5. The molecule has 2 aromatic rings. The van der Waals surface area contributed by atoms with E-state index in [1.807, 2.05) is 90.1 Å². The molecule has 1 spiro atoms. The lowest BCUT2D eigenvalue weighted by Gasteiger charge is -2.39. The Balaban J connectivity index is 1.56. The summed E-state index contributed by atoms with van der Waals surface area (Å²) in [6, 6.07) is 13.9. The average molecular weight is 562 g/mol. The maximum atomic E-state index is 14.5. The van der Waals surface area contributed by atoms with Crippen molar-refractivity contribution in [3.8, 4) is 0 Å². The molecule has 3 heterocycles. The molecule has 3 fully saturated rings. The maximum absolute atomic E-state index is 14.5. The summed E-state index contributed by atoms with van der Waals surface area (Å²) in [5.74, 6) is -2.61. The summed E-state index contributed by atoms with van der Waals surface area (Å²) in [6.45, 7) is 11.9. The predicted octanol–water partition coefficient (Wildman–Crippen LogP) is 3.98. The minimum Gasteiger partial charge on any atom is -0.394 e. The molecule has 8 nitrogen and oxygen atoms in total. The number of likely N-dealkylation sites (tertiary alicyclic amines) is 1. The number of hydrogen-bond acceptors (Lipinski definition) is 5. The number of carbonyl (C=O) groups excluding carboxylic acids is 3. The molecule has 3 saturated heterocycles. The smallest absolute Gasteiger partial charge is 0.250 e. The monoisotopic (exact) mass is 561 g/mol. The number of anilines is 1. The highest BCUT2D eigenvalue weighted by molar-refractivity contribution is 6.04. The molecule has 3 aliphatic heterocycles. The Hall–Kier alpha value is -3.23. The van der Waals surface area contributed by atoms with Crippen molar-refractivity contribution in [2.45, 2.75) is 84.2 Å². The van der Waals surface area contributed by atoms with Crippen LogP contribution in [0, 0.1) is 37.5 Å². The lowest BCUT2D eigenvalue weighted by atomic mass is 9.62. The van der Waals surface area contributed by atoms with E-state index in [0.717, 1.165) is 16.7 Å². The first kappa shape index (κ1) is 29.3. The quantitative estimate of drug-likeness (QED) is 0.429.